The summed E-state index contributed by atoms with van der Waals surface area (Å²) < 4.78 is 9.01. The van der Waals surface area contributed by atoms with Crippen LogP contribution in [-0.2, 0) is 28.7 Å². The second-order valence-electron chi connectivity index (χ2n) is 4.38. The third-order valence-electron chi connectivity index (χ3n) is 3.60. The Morgan fingerprint density at radius 2 is 0.875 bits per heavy atom. The number of rotatable bonds is 0. The lowest BCUT2D eigenvalue weighted by Gasteiger charge is -2.25. The molecule has 1 unspecified atom stereocenters. The SMILES string of the molecule is O=C1OC(=O)[C@H]2C[C@H]3C(=O)OC(=O)[C@@H]3CC12. The molecule has 0 radical (unpaired) electrons. The monoisotopic (exact) mass is 224 g/mol. The van der Waals surface area contributed by atoms with Gasteiger partial charge in [-0.05, 0) is 12.8 Å². The highest BCUT2D eigenvalue weighted by atomic mass is 16.6. The lowest BCUT2D eigenvalue weighted by Crippen LogP contribution is -2.35. The van der Waals surface area contributed by atoms with Crippen LogP contribution in [0.1, 0.15) is 12.8 Å². The van der Waals surface area contributed by atoms with Crippen LogP contribution in [0.3, 0.4) is 0 Å². The fourth-order valence-electron chi connectivity index (χ4n) is 2.75. The Labute approximate surface area is 89.9 Å². The molecule has 3 rings (SSSR count). The van der Waals surface area contributed by atoms with E-state index < -0.39 is 47.5 Å². The summed E-state index contributed by atoms with van der Waals surface area (Å²) in [5.41, 5.74) is 0. The first-order valence-corrected chi connectivity index (χ1v) is 5.09. The maximum Gasteiger partial charge on any atom is 0.317 e. The standard InChI is InChI=1S/C10H8O6/c11-7-3-1-4-6(10(14)16-8(4)12)2-5(3)9(13)15-7/h3-6H,1-2H2/t3-,4+,5-,6?/m1/s1. The molecule has 6 heteroatoms. The number of carbonyl (C=O) groups excluding carboxylic acids is 4. The molecule has 0 spiro atoms. The van der Waals surface area contributed by atoms with Crippen molar-refractivity contribution in [3.63, 3.8) is 0 Å². The minimum absolute atomic E-state index is 0.185. The fourth-order valence-corrected chi connectivity index (χ4v) is 2.75. The quantitative estimate of drug-likeness (QED) is 0.404. The molecule has 84 valence electrons. The third kappa shape index (κ3) is 1.07. The zero-order valence-corrected chi connectivity index (χ0v) is 8.17. The van der Waals surface area contributed by atoms with Gasteiger partial charge in [-0.25, -0.2) is 0 Å². The molecule has 4 atom stereocenters. The van der Waals surface area contributed by atoms with Crippen LogP contribution in [0.4, 0.5) is 0 Å². The van der Waals surface area contributed by atoms with Gasteiger partial charge in [0.1, 0.15) is 0 Å². The summed E-state index contributed by atoms with van der Waals surface area (Å²) in [5.74, 6) is -4.64. The number of cyclic esters (lactones) is 4. The van der Waals surface area contributed by atoms with Crippen LogP contribution in [0, 0.1) is 23.7 Å². The van der Waals surface area contributed by atoms with E-state index in [1.54, 1.807) is 0 Å². The number of esters is 4. The molecule has 0 amide bonds. The Morgan fingerprint density at radius 1 is 0.625 bits per heavy atom. The highest BCUT2D eigenvalue weighted by molar-refractivity contribution is 6.01. The lowest BCUT2D eigenvalue weighted by molar-refractivity contribution is -0.154. The minimum atomic E-state index is -0.583. The number of carbonyl (C=O) groups is 4. The second kappa shape index (κ2) is 2.90. The molecule has 1 saturated carbocycles. The fraction of sp³-hybridized carbons (Fsp3) is 0.600. The molecule has 16 heavy (non-hydrogen) atoms. The molecule has 2 heterocycles. The van der Waals surface area contributed by atoms with Gasteiger partial charge in [-0.1, -0.05) is 0 Å². The Balaban J connectivity index is 1.92. The van der Waals surface area contributed by atoms with Gasteiger partial charge < -0.3 is 9.47 Å². The summed E-state index contributed by atoms with van der Waals surface area (Å²) in [4.78, 5) is 45.3. The van der Waals surface area contributed by atoms with E-state index in [1.165, 1.54) is 0 Å². The summed E-state index contributed by atoms with van der Waals surface area (Å²) in [5, 5.41) is 0. The van der Waals surface area contributed by atoms with E-state index in [1.807, 2.05) is 0 Å². The Hall–Kier alpha value is -1.72. The van der Waals surface area contributed by atoms with Gasteiger partial charge in [0.15, 0.2) is 0 Å². The minimum Gasteiger partial charge on any atom is -0.393 e. The summed E-state index contributed by atoms with van der Waals surface area (Å²) in [7, 11) is 0. The van der Waals surface area contributed by atoms with E-state index in [9.17, 15) is 19.2 Å². The van der Waals surface area contributed by atoms with Crippen molar-refractivity contribution < 1.29 is 28.7 Å². The molecular weight excluding hydrogens is 216 g/mol. The molecule has 0 N–H and O–H groups in total. The van der Waals surface area contributed by atoms with E-state index in [0.717, 1.165) is 0 Å². The Morgan fingerprint density at radius 3 is 1.12 bits per heavy atom. The molecule has 2 aliphatic heterocycles. The van der Waals surface area contributed by atoms with Crippen LogP contribution < -0.4 is 0 Å². The van der Waals surface area contributed by atoms with Crippen molar-refractivity contribution in [3.05, 3.63) is 0 Å². The molecule has 0 aromatic carbocycles. The van der Waals surface area contributed by atoms with Gasteiger partial charge in [0, 0.05) is 0 Å². The highest BCUT2D eigenvalue weighted by Gasteiger charge is 2.57. The van der Waals surface area contributed by atoms with Crippen LogP contribution in [-0.4, -0.2) is 23.9 Å². The maximum atomic E-state index is 11.3. The summed E-state index contributed by atoms with van der Waals surface area (Å²) in [6.07, 6.45) is 0.370. The van der Waals surface area contributed by atoms with Crippen molar-refractivity contribution >= 4 is 23.9 Å². The zero-order chi connectivity index (χ0) is 11.4. The smallest absolute Gasteiger partial charge is 0.317 e. The van der Waals surface area contributed by atoms with Crippen LogP contribution >= 0.6 is 0 Å². The topological polar surface area (TPSA) is 86.7 Å². The average Bonchev–Trinajstić information content (AvgIpc) is 2.67. The third-order valence-corrected chi connectivity index (χ3v) is 3.60. The van der Waals surface area contributed by atoms with Crippen LogP contribution in [0.25, 0.3) is 0 Å². The number of fused-ring (bicyclic) bond motifs is 2. The number of hydrogen-bond acceptors (Lipinski definition) is 6. The molecule has 3 fully saturated rings. The summed E-state index contributed by atoms with van der Waals surface area (Å²) >= 11 is 0. The van der Waals surface area contributed by atoms with Crippen LogP contribution in [0.5, 0.6) is 0 Å². The molecule has 2 saturated heterocycles. The molecular formula is C10H8O6. The van der Waals surface area contributed by atoms with Crippen molar-refractivity contribution in [3.8, 4) is 0 Å². The first kappa shape index (κ1) is 9.50. The molecule has 1 aliphatic carbocycles. The van der Waals surface area contributed by atoms with Crippen molar-refractivity contribution in [2.24, 2.45) is 23.7 Å². The van der Waals surface area contributed by atoms with Gasteiger partial charge in [0.05, 0.1) is 23.7 Å². The Bertz CT molecular complexity index is 349. The summed E-state index contributed by atoms with van der Waals surface area (Å²) in [6, 6.07) is 0. The first-order valence-electron chi connectivity index (χ1n) is 5.09. The zero-order valence-electron chi connectivity index (χ0n) is 8.17. The van der Waals surface area contributed by atoms with Gasteiger partial charge in [0.2, 0.25) is 0 Å². The van der Waals surface area contributed by atoms with Gasteiger partial charge in [-0.3, -0.25) is 19.2 Å². The van der Waals surface area contributed by atoms with Gasteiger partial charge >= 0.3 is 23.9 Å². The average molecular weight is 224 g/mol. The molecule has 3 aliphatic rings. The van der Waals surface area contributed by atoms with E-state index in [2.05, 4.69) is 9.47 Å². The van der Waals surface area contributed by atoms with Crippen molar-refractivity contribution in [2.45, 2.75) is 12.8 Å². The first-order chi connectivity index (χ1) is 7.58. The van der Waals surface area contributed by atoms with Crippen LogP contribution in [0.2, 0.25) is 0 Å². The van der Waals surface area contributed by atoms with E-state index in [4.69, 9.17) is 0 Å². The molecule has 0 aromatic rings. The lowest BCUT2D eigenvalue weighted by atomic mass is 9.70. The van der Waals surface area contributed by atoms with Gasteiger partial charge in [-0.2, -0.15) is 0 Å². The summed E-state index contributed by atoms with van der Waals surface area (Å²) in [6.45, 7) is 0. The molecule has 0 aromatic heterocycles. The highest BCUT2D eigenvalue weighted by Crippen LogP contribution is 2.45. The predicted molar refractivity (Wildman–Crippen MR) is 45.4 cm³/mol. The number of hydrogen-bond donors (Lipinski definition) is 0. The van der Waals surface area contributed by atoms with E-state index in [-0.39, 0.29) is 12.8 Å². The molecule has 0 bridgehead atoms. The Kier molecular flexibility index (Phi) is 1.72. The van der Waals surface area contributed by atoms with E-state index >= 15 is 0 Å². The maximum absolute atomic E-state index is 11.3. The predicted octanol–water partition coefficient (Wildman–Crippen LogP) is -0.588. The van der Waals surface area contributed by atoms with Gasteiger partial charge in [-0.15, -0.1) is 0 Å². The number of ether oxygens (including phenoxy) is 2. The second-order valence-corrected chi connectivity index (χ2v) is 4.38. The van der Waals surface area contributed by atoms with Gasteiger partial charge in [0.25, 0.3) is 0 Å². The van der Waals surface area contributed by atoms with Crippen molar-refractivity contribution in [1.82, 2.24) is 0 Å². The molecule has 6 nitrogen and oxygen atoms in total. The van der Waals surface area contributed by atoms with Crippen molar-refractivity contribution in [2.75, 3.05) is 0 Å². The normalized spacial score (nSPS) is 41.5. The van der Waals surface area contributed by atoms with Crippen molar-refractivity contribution in [1.29, 1.82) is 0 Å². The largest absolute Gasteiger partial charge is 0.393 e. The van der Waals surface area contributed by atoms with Crippen LogP contribution in [0.15, 0.2) is 0 Å². The van der Waals surface area contributed by atoms with E-state index in [0.29, 0.717) is 0 Å².